The summed E-state index contributed by atoms with van der Waals surface area (Å²) in [5, 5.41) is 0.239. The number of hydrogen-bond donors (Lipinski definition) is 1. The van der Waals surface area contributed by atoms with Crippen LogP contribution >= 0.6 is 24.0 Å². The Morgan fingerprint density at radius 1 is 1.29 bits per heavy atom. The van der Waals surface area contributed by atoms with Gasteiger partial charge in [0, 0.05) is 26.2 Å². The Morgan fingerprint density at radius 2 is 1.81 bits per heavy atom. The summed E-state index contributed by atoms with van der Waals surface area (Å²) in [7, 11) is -1.09. The molecule has 0 saturated heterocycles. The molecule has 1 rings (SSSR count). The van der Waals surface area contributed by atoms with Crippen molar-refractivity contribution in [1.29, 1.82) is 0 Å². The molecule has 0 bridgehead atoms. The maximum atomic E-state index is 11.8. The maximum Gasteiger partial charge on any atom is 0.384 e. The van der Waals surface area contributed by atoms with E-state index >= 15 is 0 Å². The summed E-state index contributed by atoms with van der Waals surface area (Å²) < 4.78 is 29.7. The average Bonchev–Trinajstić information content (AvgIpc) is 2.29. The van der Waals surface area contributed by atoms with Crippen LogP contribution in [0.4, 0.5) is 0 Å². The molecule has 0 aliphatic heterocycles. The van der Waals surface area contributed by atoms with E-state index in [-0.39, 0.29) is 35.1 Å². The molecule has 5 nitrogen and oxygen atoms in total. The monoisotopic (exact) mass is 356 g/mol. The minimum Gasteiger partial charge on any atom is -0.369 e. The summed E-state index contributed by atoms with van der Waals surface area (Å²) in [5.41, 5.74) is 7.09. The van der Waals surface area contributed by atoms with E-state index in [1.54, 1.807) is 6.07 Å². The number of nitrogens with two attached hydrogens (primary N) is 1. The van der Waals surface area contributed by atoms with Gasteiger partial charge in [-0.25, -0.2) is 0 Å². The first-order valence-corrected chi connectivity index (χ1v) is 7.88. The van der Waals surface area contributed by atoms with Gasteiger partial charge in [0.2, 0.25) is 0 Å². The lowest BCUT2D eigenvalue weighted by molar-refractivity contribution is 0.419. The molecular weight excluding hydrogens is 335 g/mol. The van der Waals surface area contributed by atoms with E-state index in [2.05, 4.69) is 0 Å². The van der Waals surface area contributed by atoms with Gasteiger partial charge in [-0.1, -0.05) is 38.4 Å². The topological polar surface area (TPSA) is 72.6 Å². The fourth-order valence-corrected chi connectivity index (χ4v) is 2.39. The highest BCUT2D eigenvalue weighted by Crippen LogP contribution is 2.35. The zero-order valence-corrected chi connectivity index (χ0v) is 15.2. The summed E-state index contributed by atoms with van der Waals surface area (Å²) in [6.07, 6.45) is 0. The average molecular weight is 357 g/mol. The van der Waals surface area contributed by atoms with E-state index in [0.29, 0.717) is 5.56 Å². The van der Waals surface area contributed by atoms with Crippen molar-refractivity contribution in [3.8, 4) is 5.75 Å². The van der Waals surface area contributed by atoms with Gasteiger partial charge in [-0.15, -0.1) is 12.4 Å². The van der Waals surface area contributed by atoms with Gasteiger partial charge in [0.15, 0.2) is 5.75 Å². The number of rotatable bonds is 4. The second-order valence-corrected chi connectivity index (χ2v) is 7.88. The van der Waals surface area contributed by atoms with E-state index < -0.39 is 10.3 Å². The summed E-state index contributed by atoms with van der Waals surface area (Å²) in [6.45, 7) is 6.25. The molecule has 0 saturated carbocycles. The predicted molar refractivity (Wildman–Crippen MR) is 88.5 cm³/mol. The van der Waals surface area contributed by atoms with Crippen LogP contribution in [-0.2, 0) is 22.3 Å². The van der Waals surface area contributed by atoms with Crippen LogP contribution in [0.5, 0.6) is 5.75 Å². The number of hydrogen-bond acceptors (Lipinski definition) is 4. The van der Waals surface area contributed by atoms with Crippen molar-refractivity contribution in [2.75, 3.05) is 14.1 Å². The Bertz CT molecular complexity index is 596. The minimum atomic E-state index is -3.86. The molecule has 2 N–H and O–H groups in total. The van der Waals surface area contributed by atoms with Crippen LogP contribution in [0.2, 0.25) is 5.02 Å². The Balaban J connectivity index is 0.00000400. The van der Waals surface area contributed by atoms with Gasteiger partial charge in [0.1, 0.15) is 0 Å². The standard InChI is InChI=1S/C13H21ClN2O3S.ClH/c1-13(2,3)10-6-9(8-15)12(11(14)7-10)19-20(17,18)16(4)5;/h6-7H,8,15H2,1-5H3;1H. The molecule has 0 unspecified atom stereocenters. The fourth-order valence-electron chi connectivity index (χ4n) is 1.51. The van der Waals surface area contributed by atoms with Crippen LogP contribution < -0.4 is 9.92 Å². The van der Waals surface area contributed by atoms with Crippen molar-refractivity contribution < 1.29 is 12.6 Å². The van der Waals surface area contributed by atoms with Gasteiger partial charge in [0.05, 0.1) is 5.02 Å². The first-order chi connectivity index (χ1) is 8.99. The molecule has 1 aromatic carbocycles. The number of benzene rings is 1. The van der Waals surface area contributed by atoms with Gasteiger partial charge in [-0.3, -0.25) is 0 Å². The Kier molecular flexibility index (Phi) is 6.97. The molecule has 0 aliphatic rings. The Morgan fingerprint density at radius 3 is 2.19 bits per heavy atom. The van der Waals surface area contributed by atoms with Crippen molar-refractivity contribution in [3.05, 3.63) is 28.3 Å². The van der Waals surface area contributed by atoms with Crippen LogP contribution in [0.1, 0.15) is 31.9 Å². The largest absolute Gasteiger partial charge is 0.384 e. The molecule has 0 spiro atoms. The van der Waals surface area contributed by atoms with Crippen LogP contribution in [0.3, 0.4) is 0 Å². The van der Waals surface area contributed by atoms with E-state index in [0.717, 1.165) is 9.87 Å². The summed E-state index contributed by atoms with van der Waals surface area (Å²) in [4.78, 5) is 0. The second kappa shape index (κ2) is 7.15. The third kappa shape index (κ3) is 5.00. The van der Waals surface area contributed by atoms with Crippen LogP contribution in [0, 0.1) is 0 Å². The van der Waals surface area contributed by atoms with Gasteiger partial charge < -0.3 is 9.92 Å². The number of nitrogens with zero attached hydrogens (tertiary/aromatic N) is 1. The van der Waals surface area contributed by atoms with Crippen molar-refractivity contribution in [3.63, 3.8) is 0 Å². The lowest BCUT2D eigenvalue weighted by Gasteiger charge is -2.22. The van der Waals surface area contributed by atoms with E-state index in [9.17, 15) is 8.42 Å². The van der Waals surface area contributed by atoms with Crippen molar-refractivity contribution >= 4 is 34.3 Å². The van der Waals surface area contributed by atoms with Gasteiger partial charge >= 0.3 is 10.3 Å². The molecule has 0 amide bonds. The Hall–Kier alpha value is -0.530. The molecule has 0 heterocycles. The molecular formula is C13H22Cl2N2O3S. The first-order valence-electron chi connectivity index (χ1n) is 6.14. The third-order valence-corrected chi connectivity index (χ3v) is 4.39. The zero-order chi connectivity index (χ0) is 15.7. The summed E-state index contributed by atoms with van der Waals surface area (Å²) >= 11 is 6.17. The highest BCUT2D eigenvalue weighted by Gasteiger charge is 2.23. The fraction of sp³-hybridized carbons (Fsp3) is 0.538. The number of halogens is 2. The molecule has 0 radical (unpaired) electrons. The normalized spacial score (nSPS) is 12.2. The highest BCUT2D eigenvalue weighted by molar-refractivity contribution is 7.84. The molecule has 21 heavy (non-hydrogen) atoms. The summed E-state index contributed by atoms with van der Waals surface area (Å²) in [5.74, 6) is 0.0934. The minimum absolute atomic E-state index is 0. The highest BCUT2D eigenvalue weighted by atomic mass is 35.5. The van der Waals surface area contributed by atoms with E-state index in [4.69, 9.17) is 21.5 Å². The molecule has 0 aromatic heterocycles. The van der Waals surface area contributed by atoms with Crippen molar-refractivity contribution in [1.82, 2.24) is 4.31 Å². The molecule has 0 aliphatic carbocycles. The smallest absolute Gasteiger partial charge is 0.369 e. The Labute approximate surface area is 138 Å². The van der Waals surface area contributed by atoms with Crippen LogP contribution in [-0.4, -0.2) is 26.8 Å². The maximum absolute atomic E-state index is 11.8. The van der Waals surface area contributed by atoms with Gasteiger partial charge in [0.25, 0.3) is 0 Å². The second-order valence-electron chi connectivity index (χ2n) is 5.72. The lowest BCUT2D eigenvalue weighted by atomic mass is 9.86. The predicted octanol–water partition coefficient (Wildman–Crippen LogP) is 2.70. The third-order valence-electron chi connectivity index (χ3n) is 2.84. The van der Waals surface area contributed by atoms with Crippen molar-refractivity contribution in [2.24, 2.45) is 5.73 Å². The lowest BCUT2D eigenvalue weighted by Crippen LogP contribution is -2.27. The van der Waals surface area contributed by atoms with Gasteiger partial charge in [-0.2, -0.15) is 12.7 Å². The molecule has 0 atom stereocenters. The van der Waals surface area contributed by atoms with Crippen molar-refractivity contribution in [2.45, 2.75) is 32.7 Å². The first kappa shape index (κ1) is 20.5. The molecule has 122 valence electrons. The quantitative estimate of drug-likeness (QED) is 0.899. The molecule has 1 aromatic rings. The van der Waals surface area contributed by atoms with Crippen LogP contribution in [0.15, 0.2) is 12.1 Å². The molecule has 0 fully saturated rings. The SMILES string of the molecule is CN(C)S(=O)(=O)Oc1c(Cl)cc(C(C)(C)C)cc1CN.Cl. The van der Waals surface area contributed by atoms with E-state index in [1.807, 2.05) is 26.8 Å². The summed E-state index contributed by atoms with van der Waals surface area (Å²) in [6, 6.07) is 3.54. The van der Waals surface area contributed by atoms with Gasteiger partial charge in [-0.05, 0) is 17.0 Å². The molecule has 8 heteroatoms. The zero-order valence-electron chi connectivity index (χ0n) is 12.8. The van der Waals surface area contributed by atoms with Crippen LogP contribution in [0.25, 0.3) is 0 Å². The van der Waals surface area contributed by atoms with E-state index in [1.165, 1.54) is 14.1 Å².